The molecule has 156 valence electrons. The zero-order chi connectivity index (χ0) is 21.6. The van der Waals surface area contributed by atoms with Gasteiger partial charge in [-0.1, -0.05) is 17.7 Å². The quantitative estimate of drug-likeness (QED) is 0.663. The van der Waals surface area contributed by atoms with Gasteiger partial charge in [-0.3, -0.25) is 4.79 Å². The second kappa shape index (κ2) is 7.68. The van der Waals surface area contributed by atoms with Gasteiger partial charge >= 0.3 is 0 Å². The van der Waals surface area contributed by atoms with Crippen molar-refractivity contribution in [3.05, 3.63) is 47.2 Å². The van der Waals surface area contributed by atoms with E-state index in [-0.39, 0.29) is 33.6 Å². The number of phenols is 1. The number of amides is 1. The fourth-order valence-corrected chi connectivity index (χ4v) is 4.26. The van der Waals surface area contributed by atoms with E-state index in [9.17, 15) is 14.3 Å². The Hall–Kier alpha value is -3.00. The van der Waals surface area contributed by atoms with Gasteiger partial charge in [0.15, 0.2) is 5.82 Å². The van der Waals surface area contributed by atoms with E-state index in [0.717, 1.165) is 6.07 Å². The number of piperazine rings is 1. The number of phenolic OH excluding ortho intramolecular Hbond substituents is 1. The van der Waals surface area contributed by atoms with Crippen molar-refractivity contribution in [1.82, 2.24) is 14.9 Å². The van der Waals surface area contributed by atoms with Crippen LogP contribution in [0.1, 0.15) is 13.8 Å². The molecule has 9 heteroatoms. The van der Waals surface area contributed by atoms with Gasteiger partial charge in [0.2, 0.25) is 5.91 Å². The first-order valence-electron chi connectivity index (χ1n) is 9.42. The zero-order valence-electron chi connectivity index (χ0n) is 16.4. The van der Waals surface area contributed by atoms with Gasteiger partial charge in [0.25, 0.3) is 0 Å². The summed E-state index contributed by atoms with van der Waals surface area (Å²) in [5, 5.41) is 10.4. The van der Waals surface area contributed by atoms with Crippen molar-refractivity contribution < 1.29 is 18.7 Å². The fraction of sp³-hybridized carbons (Fsp3) is 0.286. The van der Waals surface area contributed by atoms with Gasteiger partial charge in [-0.25, -0.2) is 18.7 Å². The number of rotatable bonds is 2. The van der Waals surface area contributed by atoms with Crippen molar-refractivity contribution >= 4 is 34.2 Å². The molecule has 1 atom stereocenters. The van der Waals surface area contributed by atoms with E-state index < -0.39 is 17.4 Å². The van der Waals surface area contributed by atoms with Crippen molar-refractivity contribution in [2.75, 3.05) is 24.5 Å². The van der Waals surface area contributed by atoms with E-state index in [1.807, 2.05) is 11.8 Å². The minimum Gasteiger partial charge on any atom is -0.507 e. The molecule has 1 N–H and O–H groups in total. The number of halogens is 3. The van der Waals surface area contributed by atoms with Crippen LogP contribution in [-0.4, -0.2) is 51.6 Å². The van der Waals surface area contributed by atoms with Crippen molar-refractivity contribution in [3.8, 4) is 16.9 Å². The Bertz CT molecular complexity index is 1140. The number of aromatic hydroxyl groups is 1. The average molecular weight is 433 g/mol. The zero-order valence-corrected chi connectivity index (χ0v) is 17.1. The lowest BCUT2D eigenvalue weighted by molar-refractivity contribution is -0.131. The topological polar surface area (TPSA) is 69.6 Å². The highest BCUT2D eigenvalue weighted by Crippen LogP contribution is 2.42. The predicted octanol–water partition coefficient (Wildman–Crippen LogP) is 3.99. The lowest BCUT2D eigenvalue weighted by Crippen LogP contribution is -2.53. The van der Waals surface area contributed by atoms with Crippen LogP contribution in [0.25, 0.3) is 22.0 Å². The smallest absolute Gasteiger partial charge is 0.219 e. The molecule has 1 amide bonds. The normalized spacial score (nSPS) is 16.9. The van der Waals surface area contributed by atoms with Gasteiger partial charge in [0.05, 0.1) is 10.6 Å². The summed E-state index contributed by atoms with van der Waals surface area (Å²) in [6, 6.07) is 5.15. The SMILES string of the molecule is CC(=O)N1CCN(c2ncnc3c(F)c(-c4c(O)cccc4F)c(Cl)cc23)C[C@@H]1C. The molecule has 6 nitrogen and oxygen atoms in total. The van der Waals surface area contributed by atoms with Crippen LogP contribution in [0.4, 0.5) is 14.6 Å². The molecule has 1 saturated heterocycles. The molecule has 0 aliphatic carbocycles. The molecule has 0 saturated carbocycles. The van der Waals surface area contributed by atoms with Gasteiger partial charge in [-0.15, -0.1) is 0 Å². The molecule has 3 aromatic rings. The summed E-state index contributed by atoms with van der Waals surface area (Å²) in [4.78, 5) is 23.8. The minimum atomic E-state index is -0.836. The summed E-state index contributed by atoms with van der Waals surface area (Å²) >= 11 is 6.35. The molecular weight excluding hydrogens is 414 g/mol. The van der Waals surface area contributed by atoms with Gasteiger partial charge in [0.1, 0.15) is 29.2 Å². The lowest BCUT2D eigenvalue weighted by Gasteiger charge is -2.40. The van der Waals surface area contributed by atoms with Crippen molar-refractivity contribution in [3.63, 3.8) is 0 Å². The van der Waals surface area contributed by atoms with E-state index in [1.54, 1.807) is 4.90 Å². The molecular formula is C21H19ClF2N4O2. The number of anilines is 1. The van der Waals surface area contributed by atoms with Crippen LogP contribution in [0.3, 0.4) is 0 Å². The predicted molar refractivity (Wildman–Crippen MR) is 111 cm³/mol. The maximum Gasteiger partial charge on any atom is 0.219 e. The number of carbonyl (C=O) groups excluding carboxylic acids is 1. The largest absolute Gasteiger partial charge is 0.507 e. The first-order chi connectivity index (χ1) is 14.3. The summed E-state index contributed by atoms with van der Waals surface area (Å²) in [7, 11) is 0. The van der Waals surface area contributed by atoms with Crippen molar-refractivity contribution in [2.24, 2.45) is 0 Å². The molecule has 1 aromatic heterocycles. The van der Waals surface area contributed by atoms with Gasteiger partial charge in [0, 0.05) is 43.5 Å². The fourth-order valence-electron chi connectivity index (χ4n) is 3.98. The first kappa shape index (κ1) is 20.3. The Balaban J connectivity index is 1.84. The molecule has 0 spiro atoms. The first-order valence-corrected chi connectivity index (χ1v) is 9.80. The van der Waals surface area contributed by atoms with Crippen molar-refractivity contribution in [2.45, 2.75) is 19.9 Å². The molecule has 2 heterocycles. The van der Waals surface area contributed by atoms with Crippen LogP contribution >= 0.6 is 11.6 Å². The van der Waals surface area contributed by atoms with E-state index >= 15 is 4.39 Å². The number of hydrogen-bond acceptors (Lipinski definition) is 5. The molecule has 2 aromatic carbocycles. The Kier molecular flexibility index (Phi) is 5.19. The third-order valence-electron chi connectivity index (χ3n) is 5.37. The van der Waals surface area contributed by atoms with Crippen LogP contribution < -0.4 is 4.90 Å². The highest BCUT2D eigenvalue weighted by atomic mass is 35.5. The van der Waals surface area contributed by atoms with Crippen LogP contribution in [-0.2, 0) is 4.79 Å². The van der Waals surface area contributed by atoms with E-state index in [4.69, 9.17) is 11.6 Å². The molecule has 1 fully saturated rings. The van der Waals surface area contributed by atoms with E-state index in [0.29, 0.717) is 30.8 Å². The Morgan fingerprint density at radius 1 is 1.23 bits per heavy atom. The van der Waals surface area contributed by atoms with Crippen molar-refractivity contribution in [1.29, 1.82) is 0 Å². The van der Waals surface area contributed by atoms with Crippen LogP contribution in [0, 0.1) is 11.6 Å². The number of aromatic nitrogens is 2. The highest BCUT2D eigenvalue weighted by molar-refractivity contribution is 6.34. The Morgan fingerprint density at radius 3 is 2.67 bits per heavy atom. The number of benzene rings is 2. The number of carbonyl (C=O) groups is 1. The molecule has 1 aliphatic heterocycles. The summed E-state index contributed by atoms with van der Waals surface area (Å²) in [6.07, 6.45) is 1.24. The van der Waals surface area contributed by atoms with E-state index in [1.165, 1.54) is 31.5 Å². The third kappa shape index (κ3) is 3.31. The molecule has 1 aliphatic rings. The van der Waals surface area contributed by atoms with Crippen LogP contribution in [0.5, 0.6) is 5.75 Å². The maximum atomic E-state index is 15.4. The number of hydrogen-bond donors (Lipinski definition) is 1. The van der Waals surface area contributed by atoms with Gasteiger partial charge in [-0.2, -0.15) is 0 Å². The minimum absolute atomic E-state index is 0.00174. The molecule has 0 bridgehead atoms. The monoisotopic (exact) mass is 432 g/mol. The number of nitrogens with zero attached hydrogens (tertiary/aromatic N) is 4. The summed E-state index contributed by atoms with van der Waals surface area (Å²) in [5.74, 6) is -1.56. The van der Waals surface area contributed by atoms with Gasteiger partial charge in [-0.05, 0) is 25.1 Å². The Labute approximate surface area is 176 Å². The van der Waals surface area contributed by atoms with Crippen LogP contribution in [0.15, 0.2) is 30.6 Å². The summed E-state index contributed by atoms with van der Waals surface area (Å²) in [6.45, 7) is 5.01. The number of fused-ring (bicyclic) bond motifs is 1. The third-order valence-corrected chi connectivity index (χ3v) is 5.67. The second-order valence-corrected chi connectivity index (χ2v) is 7.69. The van der Waals surface area contributed by atoms with Crippen LogP contribution in [0.2, 0.25) is 5.02 Å². The Morgan fingerprint density at radius 2 is 2.00 bits per heavy atom. The van der Waals surface area contributed by atoms with Gasteiger partial charge < -0.3 is 14.9 Å². The average Bonchev–Trinajstić information content (AvgIpc) is 2.69. The standard InChI is InChI=1S/C21H19ClF2N4O2/c1-11-9-27(6-7-28(11)12(2)29)21-13-8-14(22)17(19(24)20(13)25-10-26-21)18-15(23)4-3-5-16(18)30/h3-5,8,10-11,30H,6-7,9H2,1-2H3/t11-/m0/s1. The summed E-state index contributed by atoms with van der Waals surface area (Å²) in [5.41, 5.74) is -0.589. The second-order valence-electron chi connectivity index (χ2n) is 7.28. The molecule has 0 radical (unpaired) electrons. The molecule has 30 heavy (non-hydrogen) atoms. The molecule has 0 unspecified atom stereocenters. The highest BCUT2D eigenvalue weighted by Gasteiger charge is 2.29. The lowest BCUT2D eigenvalue weighted by atomic mass is 10.0. The maximum absolute atomic E-state index is 15.4. The molecule has 4 rings (SSSR count). The summed E-state index contributed by atoms with van der Waals surface area (Å²) < 4.78 is 29.8. The van der Waals surface area contributed by atoms with E-state index in [2.05, 4.69) is 9.97 Å².